The Bertz CT molecular complexity index is 970. The Hall–Kier alpha value is -2.92. The quantitative estimate of drug-likeness (QED) is 0.619. The Morgan fingerprint density at radius 3 is 2.20 bits per heavy atom. The summed E-state index contributed by atoms with van der Waals surface area (Å²) in [4.78, 5) is 13.8. The Kier molecular flexibility index (Phi) is 6.73. The van der Waals surface area contributed by atoms with Crippen molar-refractivity contribution in [3.05, 3.63) is 94.7 Å². The summed E-state index contributed by atoms with van der Waals surface area (Å²) in [5.41, 5.74) is 3.37. The number of nitrogens with one attached hydrogen (secondary N) is 2. The van der Waals surface area contributed by atoms with Gasteiger partial charge in [0.2, 0.25) is 0 Å². The van der Waals surface area contributed by atoms with Crippen molar-refractivity contribution in [3.8, 4) is 0 Å². The number of carbonyl (C=O) groups excluding carboxylic acids is 1. The average molecular weight is 410 g/mol. The summed E-state index contributed by atoms with van der Waals surface area (Å²) < 4.78 is 18.8. The van der Waals surface area contributed by atoms with E-state index in [9.17, 15) is 9.18 Å². The lowest BCUT2D eigenvalue weighted by atomic mass is 10.0. The third-order valence-corrected chi connectivity index (χ3v) is 5.24. The third-order valence-electron chi connectivity index (χ3n) is 5.24. The lowest BCUT2D eigenvalue weighted by Gasteiger charge is -2.31. The number of rotatable bonds is 7. The number of furan rings is 1. The van der Waals surface area contributed by atoms with E-state index < -0.39 is 0 Å². The molecule has 3 rings (SSSR count). The molecule has 30 heavy (non-hydrogen) atoms. The Morgan fingerprint density at radius 1 is 0.933 bits per heavy atom. The molecule has 5 heteroatoms. The number of quaternary nitrogens is 1. The van der Waals surface area contributed by atoms with Crippen molar-refractivity contribution >= 4 is 5.91 Å². The van der Waals surface area contributed by atoms with Crippen molar-refractivity contribution in [2.24, 2.45) is 0 Å². The number of hydrogen-bond donors (Lipinski definition) is 2. The van der Waals surface area contributed by atoms with Gasteiger partial charge in [-0.1, -0.05) is 42.0 Å². The minimum Gasteiger partial charge on any atom is -0.450 e. The molecule has 158 valence electrons. The molecular formula is C25H30FN2O2+. The molecule has 3 aromatic rings. The largest absolute Gasteiger partial charge is 0.450 e. The monoisotopic (exact) mass is 409 g/mol. The predicted octanol–water partition coefficient (Wildman–Crippen LogP) is 4.04. The van der Waals surface area contributed by atoms with Crippen molar-refractivity contribution in [1.82, 2.24) is 5.32 Å². The Labute approximate surface area is 177 Å². The number of benzene rings is 2. The molecular weight excluding hydrogens is 379 g/mol. The van der Waals surface area contributed by atoms with E-state index in [0.29, 0.717) is 13.1 Å². The summed E-state index contributed by atoms with van der Waals surface area (Å²) in [6.45, 7) is 10.6. The van der Waals surface area contributed by atoms with Gasteiger partial charge in [0.05, 0.1) is 5.54 Å². The van der Waals surface area contributed by atoms with Crippen molar-refractivity contribution in [1.29, 1.82) is 0 Å². The number of amides is 1. The van der Waals surface area contributed by atoms with Crippen molar-refractivity contribution in [2.45, 2.75) is 52.9 Å². The van der Waals surface area contributed by atoms with Crippen LogP contribution in [-0.2, 0) is 19.6 Å². The molecule has 0 radical (unpaired) electrons. The maximum absolute atomic E-state index is 13.0. The zero-order valence-electron chi connectivity index (χ0n) is 18.1. The molecule has 1 aromatic heterocycles. The lowest BCUT2D eigenvalue weighted by molar-refractivity contribution is -0.973. The number of halogens is 1. The van der Waals surface area contributed by atoms with E-state index in [4.69, 9.17) is 4.42 Å². The first-order valence-electron chi connectivity index (χ1n) is 10.2. The van der Waals surface area contributed by atoms with Gasteiger partial charge in [-0.3, -0.25) is 4.79 Å². The standard InChI is InChI=1S/C25H29FN2O2/c1-18-5-7-20(8-6-18)16-28(25(2,3)4)17-22-13-14-23(30-22)24(29)27-15-19-9-11-21(26)12-10-19/h5-14H,15-17H2,1-4H3,(H,27,29)/p+1. The average Bonchev–Trinajstić information content (AvgIpc) is 3.16. The van der Waals surface area contributed by atoms with Crippen LogP contribution in [0.5, 0.6) is 0 Å². The van der Waals surface area contributed by atoms with Crippen LogP contribution in [0.25, 0.3) is 0 Å². The number of aryl methyl sites for hydroxylation is 1. The molecule has 0 aliphatic carbocycles. The summed E-state index contributed by atoms with van der Waals surface area (Å²) in [5.74, 6) is 0.494. The molecule has 2 aromatic carbocycles. The molecule has 0 aliphatic rings. The van der Waals surface area contributed by atoms with Gasteiger partial charge in [0.15, 0.2) is 11.5 Å². The summed E-state index contributed by atoms with van der Waals surface area (Å²) >= 11 is 0. The molecule has 1 atom stereocenters. The summed E-state index contributed by atoms with van der Waals surface area (Å²) in [6.07, 6.45) is 0. The van der Waals surface area contributed by atoms with Gasteiger partial charge in [0, 0.05) is 12.1 Å². The molecule has 1 amide bonds. The van der Waals surface area contributed by atoms with E-state index in [1.807, 2.05) is 6.07 Å². The fourth-order valence-corrected chi connectivity index (χ4v) is 3.22. The van der Waals surface area contributed by atoms with E-state index in [2.05, 4.69) is 57.3 Å². The van der Waals surface area contributed by atoms with E-state index in [1.165, 1.54) is 28.2 Å². The van der Waals surface area contributed by atoms with Crippen LogP contribution in [0.4, 0.5) is 4.39 Å². The van der Waals surface area contributed by atoms with E-state index in [1.54, 1.807) is 18.2 Å². The molecule has 2 N–H and O–H groups in total. The van der Waals surface area contributed by atoms with E-state index in [-0.39, 0.29) is 23.0 Å². The van der Waals surface area contributed by atoms with Crippen LogP contribution in [0.15, 0.2) is 65.1 Å². The minimum absolute atomic E-state index is 0.0165. The highest BCUT2D eigenvalue weighted by molar-refractivity contribution is 5.91. The first kappa shape index (κ1) is 21.8. The highest BCUT2D eigenvalue weighted by Crippen LogP contribution is 2.10. The Morgan fingerprint density at radius 2 is 1.57 bits per heavy atom. The molecule has 1 unspecified atom stereocenters. The van der Waals surface area contributed by atoms with Crippen LogP contribution in [0, 0.1) is 12.7 Å². The molecule has 0 spiro atoms. The third kappa shape index (κ3) is 6.04. The predicted molar refractivity (Wildman–Crippen MR) is 116 cm³/mol. The summed E-state index contributed by atoms with van der Waals surface area (Å²) in [7, 11) is 0. The van der Waals surface area contributed by atoms with Crippen molar-refractivity contribution < 1.29 is 18.5 Å². The topological polar surface area (TPSA) is 46.7 Å². The second-order valence-corrected chi connectivity index (χ2v) is 8.77. The van der Waals surface area contributed by atoms with Gasteiger partial charge < -0.3 is 14.6 Å². The maximum Gasteiger partial charge on any atom is 0.287 e. The zero-order valence-corrected chi connectivity index (χ0v) is 18.1. The zero-order chi connectivity index (χ0) is 21.7. The second-order valence-electron chi connectivity index (χ2n) is 8.77. The molecule has 0 bridgehead atoms. The molecule has 0 saturated heterocycles. The second kappa shape index (κ2) is 9.26. The SMILES string of the molecule is Cc1ccc(C[NH+](Cc2ccc(C(=O)NCc3ccc(F)cc3)o2)C(C)(C)C)cc1. The molecule has 1 heterocycles. The van der Waals surface area contributed by atoms with Crippen molar-refractivity contribution in [3.63, 3.8) is 0 Å². The summed E-state index contributed by atoms with van der Waals surface area (Å²) in [5, 5.41) is 2.81. The first-order chi connectivity index (χ1) is 14.2. The van der Waals surface area contributed by atoms with Gasteiger partial charge in [-0.2, -0.15) is 0 Å². The Balaban J connectivity index is 1.63. The lowest BCUT2D eigenvalue weighted by Crippen LogP contribution is -3.16. The highest BCUT2D eigenvalue weighted by atomic mass is 19.1. The number of hydrogen-bond acceptors (Lipinski definition) is 2. The maximum atomic E-state index is 13.0. The van der Waals surface area contributed by atoms with Gasteiger partial charge in [0.25, 0.3) is 5.91 Å². The fraction of sp³-hybridized carbons (Fsp3) is 0.320. The van der Waals surface area contributed by atoms with E-state index in [0.717, 1.165) is 17.9 Å². The van der Waals surface area contributed by atoms with Gasteiger partial charge >= 0.3 is 0 Å². The van der Waals surface area contributed by atoms with Crippen molar-refractivity contribution in [2.75, 3.05) is 0 Å². The molecule has 4 nitrogen and oxygen atoms in total. The molecule has 0 saturated carbocycles. The van der Waals surface area contributed by atoms with Crippen LogP contribution >= 0.6 is 0 Å². The number of carbonyl (C=O) groups is 1. The molecule has 0 aliphatic heterocycles. The minimum atomic E-state index is -0.294. The molecule has 0 fully saturated rings. The van der Waals surface area contributed by atoms with Gasteiger partial charge in [-0.15, -0.1) is 0 Å². The van der Waals surface area contributed by atoms with Crippen LogP contribution in [-0.4, -0.2) is 11.4 Å². The van der Waals surface area contributed by atoms with Gasteiger partial charge in [-0.25, -0.2) is 4.39 Å². The van der Waals surface area contributed by atoms with Gasteiger partial charge in [0.1, 0.15) is 18.9 Å². The van der Waals surface area contributed by atoms with Gasteiger partial charge in [-0.05, 0) is 57.5 Å². The van der Waals surface area contributed by atoms with Crippen LogP contribution in [0.1, 0.15) is 53.8 Å². The highest BCUT2D eigenvalue weighted by Gasteiger charge is 2.27. The first-order valence-corrected chi connectivity index (χ1v) is 10.2. The van der Waals surface area contributed by atoms with Crippen LogP contribution in [0.3, 0.4) is 0 Å². The fourth-order valence-electron chi connectivity index (χ4n) is 3.22. The van der Waals surface area contributed by atoms with E-state index >= 15 is 0 Å². The normalized spacial score (nSPS) is 12.6. The van der Waals surface area contributed by atoms with Crippen LogP contribution < -0.4 is 10.2 Å². The smallest absolute Gasteiger partial charge is 0.287 e. The van der Waals surface area contributed by atoms with Crippen LogP contribution in [0.2, 0.25) is 0 Å². The summed E-state index contributed by atoms with van der Waals surface area (Å²) in [6, 6.07) is 18.2.